The Kier molecular flexibility index (Phi) is 5.53. The molecular weight excluding hydrogens is 364 g/mol. The van der Waals surface area contributed by atoms with Gasteiger partial charge < -0.3 is 13.7 Å². The number of aryl methyl sites for hydroxylation is 4. The second kappa shape index (κ2) is 7.87. The number of rotatable bonds is 7. The Labute approximate surface area is 161 Å². The van der Waals surface area contributed by atoms with Gasteiger partial charge in [-0.25, -0.2) is 14.6 Å². The Morgan fingerprint density at radius 3 is 2.61 bits per heavy atom. The van der Waals surface area contributed by atoms with E-state index in [9.17, 15) is 14.4 Å². The minimum atomic E-state index is -0.527. The topological polar surface area (TPSA) is 112 Å². The van der Waals surface area contributed by atoms with Gasteiger partial charge in [0.2, 0.25) is 0 Å². The van der Waals surface area contributed by atoms with E-state index in [4.69, 9.17) is 9.15 Å². The number of fused-ring (bicyclic) bond motifs is 1. The number of imidazole rings is 1. The third-order valence-corrected chi connectivity index (χ3v) is 4.61. The molecule has 3 heterocycles. The number of H-pyrrole nitrogens is 1. The molecule has 0 aliphatic carbocycles. The molecule has 0 aliphatic heterocycles. The van der Waals surface area contributed by atoms with Crippen LogP contribution in [0.25, 0.3) is 11.2 Å². The van der Waals surface area contributed by atoms with E-state index in [-0.39, 0.29) is 6.61 Å². The van der Waals surface area contributed by atoms with Crippen LogP contribution in [0.4, 0.5) is 0 Å². The summed E-state index contributed by atoms with van der Waals surface area (Å²) in [4.78, 5) is 43.8. The molecule has 0 aliphatic rings. The summed E-state index contributed by atoms with van der Waals surface area (Å²) < 4.78 is 13.9. The van der Waals surface area contributed by atoms with Crippen molar-refractivity contribution in [1.82, 2.24) is 19.1 Å². The quantitative estimate of drug-likeness (QED) is 0.622. The minimum absolute atomic E-state index is 0.119. The average Bonchev–Trinajstić information content (AvgIpc) is 3.19. The number of nitrogens with zero attached hydrogens (tertiary/aromatic N) is 3. The van der Waals surface area contributed by atoms with Gasteiger partial charge in [0, 0.05) is 13.1 Å². The van der Waals surface area contributed by atoms with Crippen molar-refractivity contribution in [2.45, 2.75) is 60.2 Å². The van der Waals surface area contributed by atoms with Crippen LogP contribution >= 0.6 is 0 Å². The van der Waals surface area contributed by atoms with E-state index >= 15 is 0 Å². The molecule has 0 amide bonds. The molecule has 9 nitrogen and oxygen atoms in total. The van der Waals surface area contributed by atoms with Crippen molar-refractivity contribution < 1.29 is 13.9 Å². The van der Waals surface area contributed by atoms with Crippen LogP contribution in [-0.4, -0.2) is 25.1 Å². The maximum Gasteiger partial charge on any atom is 0.342 e. The SMILES string of the molecule is CCCCn1c(=O)[nH]c(=O)c2c1nc(COC(=O)c1cc(C)oc1C)n2CC. The van der Waals surface area contributed by atoms with E-state index in [1.54, 1.807) is 24.5 Å². The molecule has 0 atom stereocenters. The Morgan fingerprint density at radius 1 is 1.25 bits per heavy atom. The lowest BCUT2D eigenvalue weighted by Crippen LogP contribution is -2.31. The van der Waals surface area contributed by atoms with Crippen LogP contribution in [0.5, 0.6) is 0 Å². The van der Waals surface area contributed by atoms with Crippen LogP contribution in [0.2, 0.25) is 0 Å². The molecule has 28 heavy (non-hydrogen) atoms. The highest BCUT2D eigenvalue weighted by Crippen LogP contribution is 2.17. The monoisotopic (exact) mass is 388 g/mol. The van der Waals surface area contributed by atoms with Gasteiger partial charge in [-0.3, -0.25) is 14.3 Å². The van der Waals surface area contributed by atoms with Crippen molar-refractivity contribution in [3.05, 3.63) is 49.8 Å². The van der Waals surface area contributed by atoms with Gasteiger partial charge in [0.25, 0.3) is 5.56 Å². The van der Waals surface area contributed by atoms with Crippen LogP contribution in [0.15, 0.2) is 20.1 Å². The van der Waals surface area contributed by atoms with Crippen LogP contribution in [0.1, 0.15) is 54.4 Å². The fourth-order valence-corrected chi connectivity index (χ4v) is 3.23. The molecule has 1 N–H and O–H groups in total. The highest BCUT2D eigenvalue weighted by Gasteiger charge is 2.20. The number of esters is 1. The smallest absolute Gasteiger partial charge is 0.342 e. The lowest BCUT2D eigenvalue weighted by atomic mass is 10.2. The highest BCUT2D eigenvalue weighted by molar-refractivity contribution is 5.90. The Morgan fingerprint density at radius 2 is 2.00 bits per heavy atom. The molecule has 150 valence electrons. The lowest BCUT2D eigenvalue weighted by Gasteiger charge is -2.07. The van der Waals surface area contributed by atoms with Gasteiger partial charge in [0.15, 0.2) is 11.2 Å². The van der Waals surface area contributed by atoms with Crippen molar-refractivity contribution in [2.24, 2.45) is 0 Å². The zero-order valence-corrected chi connectivity index (χ0v) is 16.5. The molecule has 0 fully saturated rings. The van der Waals surface area contributed by atoms with E-state index in [0.717, 1.165) is 12.8 Å². The van der Waals surface area contributed by atoms with Gasteiger partial charge in [-0.1, -0.05) is 13.3 Å². The first-order chi connectivity index (χ1) is 13.4. The van der Waals surface area contributed by atoms with Crippen molar-refractivity contribution >= 4 is 17.1 Å². The normalized spacial score (nSPS) is 11.3. The van der Waals surface area contributed by atoms with Gasteiger partial charge in [-0.15, -0.1) is 0 Å². The lowest BCUT2D eigenvalue weighted by molar-refractivity contribution is 0.0456. The minimum Gasteiger partial charge on any atom is -0.466 e. The summed E-state index contributed by atoms with van der Waals surface area (Å²) in [5.41, 5.74) is -0.0138. The summed E-state index contributed by atoms with van der Waals surface area (Å²) in [7, 11) is 0. The number of nitrogens with one attached hydrogen (secondary N) is 1. The number of aromatic nitrogens is 4. The number of hydrogen-bond donors (Lipinski definition) is 1. The summed E-state index contributed by atoms with van der Waals surface area (Å²) in [6, 6.07) is 1.62. The first-order valence-corrected chi connectivity index (χ1v) is 9.33. The predicted octanol–water partition coefficient (Wildman–Crippen LogP) is 2.27. The molecule has 0 unspecified atom stereocenters. The molecule has 3 rings (SSSR count). The largest absolute Gasteiger partial charge is 0.466 e. The van der Waals surface area contributed by atoms with E-state index in [1.807, 2.05) is 13.8 Å². The van der Waals surface area contributed by atoms with Crippen LogP contribution in [0.3, 0.4) is 0 Å². The summed E-state index contributed by atoms with van der Waals surface area (Å²) in [5, 5.41) is 0. The van der Waals surface area contributed by atoms with Gasteiger partial charge in [0.05, 0.1) is 0 Å². The van der Waals surface area contributed by atoms with E-state index in [0.29, 0.717) is 47.2 Å². The van der Waals surface area contributed by atoms with Crippen LogP contribution in [0, 0.1) is 13.8 Å². The Balaban J connectivity index is 1.98. The number of carbonyl (C=O) groups is 1. The molecule has 0 aromatic carbocycles. The predicted molar refractivity (Wildman–Crippen MR) is 102 cm³/mol. The molecule has 0 spiro atoms. The maximum absolute atomic E-state index is 12.4. The zero-order valence-electron chi connectivity index (χ0n) is 16.5. The maximum atomic E-state index is 12.4. The number of hydrogen-bond acceptors (Lipinski definition) is 6. The molecule has 0 radical (unpaired) electrons. The molecule has 0 saturated heterocycles. The molecular formula is C19H24N4O5. The van der Waals surface area contributed by atoms with Crippen LogP contribution < -0.4 is 11.2 Å². The van der Waals surface area contributed by atoms with E-state index in [2.05, 4.69) is 9.97 Å². The summed E-state index contributed by atoms with van der Waals surface area (Å²) >= 11 is 0. The molecule has 3 aromatic rings. The van der Waals surface area contributed by atoms with Crippen molar-refractivity contribution in [1.29, 1.82) is 0 Å². The summed E-state index contributed by atoms with van der Waals surface area (Å²) in [6.07, 6.45) is 1.68. The van der Waals surface area contributed by atoms with E-state index in [1.165, 1.54) is 4.57 Å². The second-order valence-electron chi connectivity index (χ2n) is 6.61. The highest BCUT2D eigenvalue weighted by atomic mass is 16.5. The summed E-state index contributed by atoms with van der Waals surface area (Å²) in [5.74, 6) is 0.986. The van der Waals surface area contributed by atoms with Crippen molar-refractivity contribution in [2.75, 3.05) is 0 Å². The van der Waals surface area contributed by atoms with Crippen molar-refractivity contribution in [3.8, 4) is 0 Å². The molecule has 3 aromatic heterocycles. The van der Waals surface area contributed by atoms with E-state index < -0.39 is 17.2 Å². The Bertz CT molecular complexity index is 1130. The Hall–Kier alpha value is -3.10. The second-order valence-corrected chi connectivity index (χ2v) is 6.61. The standard InChI is InChI=1S/C19H24N4O5/c1-5-7-8-23-16-15(17(24)21-19(23)26)22(6-2)14(20-16)10-27-18(25)13-9-11(3)28-12(13)4/h9H,5-8,10H2,1-4H3,(H,21,24,26). The number of aromatic amines is 1. The van der Waals surface area contributed by atoms with Crippen LogP contribution in [-0.2, 0) is 24.4 Å². The van der Waals surface area contributed by atoms with Gasteiger partial charge in [-0.05, 0) is 33.3 Å². The molecule has 0 bridgehead atoms. The third-order valence-electron chi connectivity index (χ3n) is 4.61. The fraction of sp³-hybridized carbons (Fsp3) is 0.474. The number of ether oxygens (including phenoxy) is 1. The molecule has 0 saturated carbocycles. The number of furan rings is 1. The number of carbonyl (C=O) groups excluding carboxylic acids is 1. The average molecular weight is 388 g/mol. The van der Waals surface area contributed by atoms with Crippen molar-refractivity contribution in [3.63, 3.8) is 0 Å². The zero-order chi connectivity index (χ0) is 20.4. The summed E-state index contributed by atoms with van der Waals surface area (Å²) in [6.45, 7) is 8.10. The van der Waals surface area contributed by atoms with Gasteiger partial charge in [0.1, 0.15) is 29.5 Å². The third kappa shape index (κ3) is 3.51. The molecule has 9 heteroatoms. The first-order valence-electron chi connectivity index (χ1n) is 9.33. The fourth-order valence-electron chi connectivity index (χ4n) is 3.23. The first kappa shape index (κ1) is 19.7. The van der Waals surface area contributed by atoms with Gasteiger partial charge >= 0.3 is 11.7 Å². The van der Waals surface area contributed by atoms with Gasteiger partial charge in [-0.2, -0.15) is 0 Å². The number of unbranched alkanes of at least 4 members (excludes halogenated alkanes) is 1.